The second-order valence-corrected chi connectivity index (χ2v) is 8.87. The monoisotopic (exact) mass is 436 g/mol. The Kier molecular flexibility index (Phi) is 6.23. The fourth-order valence-corrected chi connectivity index (χ4v) is 4.99. The molecule has 1 unspecified atom stereocenters. The van der Waals surface area contributed by atoms with Gasteiger partial charge in [-0.25, -0.2) is 4.98 Å². The highest BCUT2D eigenvalue weighted by Crippen LogP contribution is 2.26. The van der Waals surface area contributed by atoms with E-state index in [1.54, 1.807) is 0 Å². The molecule has 2 aliphatic rings. The molecule has 2 aliphatic heterocycles. The number of carbonyl (C=O) groups excluding carboxylic acids is 1. The first kappa shape index (κ1) is 21.2. The van der Waals surface area contributed by atoms with Gasteiger partial charge in [0.1, 0.15) is 5.65 Å². The van der Waals surface area contributed by atoms with Crippen molar-refractivity contribution in [2.45, 2.75) is 51.7 Å². The summed E-state index contributed by atoms with van der Waals surface area (Å²) in [4.78, 5) is 22.8. The number of carbonyl (C=O) groups is 1. The van der Waals surface area contributed by atoms with Gasteiger partial charge in [0.15, 0.2) is 5.69 Å². The van der Waals surface area contributed by atoms with Crippen LogP contribution < -0.4 is 0 Å². The lowest BCUT2D eigenvalue weighted by Crippen LogP contribution is -2.42. The molecule has 2 saturated heterocycles. The average molecular weight is 437 g/mol. The number of imidazole rings is 1. The van der Waals surface area contributed by atoms with Crippen molar-refractivity contribution >= 4 is 11.6 Å². The van der Waals surface area contributed by atoms with Crippen LogP contribution in [0.3, 0.4) is 0 Å². The quantitative estimate of drug-likeness (QED) is 0.594. The molecule has 3 aromatic heterocycles. The van der Waals surface area contributed by atoms with E-state index in [-0.39, 0.29) is 5.91 Å². The van der Waals surface area contributed by atoms with Crippen LogP contribution in [0.5, 0.6) is 0 Å². The van der Waals surface area contributed by atoms with Crippen LogP contribution in [0.1, 0.15) is 47.4 Å². The van der Waals surface area contributed by atoms with E-state index in [0.717, 1.165) is 43.0 Å². The molecular weight excluding hydrogens is 404 g/mol. The van der Waals surface area contributed by atoms with Gasteiger partial charge in [-0.3, -0.25) is 14.4 Å². The smallest absolute Gasteiger partial charge is 0.274 e. The lowest BCUT2D eigenvalue weighted by Gasteiger charge is -2.36. The Morgan fingerprint density at radius 3 is 2.84 bits per heavy atom. The standard InChI is InChI=1S/C24H32N6O2/c1-19-6-4-12-30-21(22(26-23(19)30)24(31)27-14-16-32-17-15-27)18-28-10-3-2-7-20(28)8-13-29-11-5-9-25-29/h4-6,9,11-12,20H,2-3,7-8,10,13-18H2,1H3. The average Bonchev–Trinajstić information content (AvgIpc) is 3.48. The van der Waals surface area contributed by atoms with E-state index in [9.17, 15) is 4.79 Å². The maximum absolute atomic E-state index is 13.5. The van der Waals surface area contributed by atoms with Crippen molar-refractivity contribution < 1.29 is 9.53 Å². The van der Waals surface area contributed by atoms with Crippen LogP contribution in [0.4, 0.5) is 0 Å². The van der Waals surface area contributed by atoms with Gasteiger partial charge in [-0.15, -0.1) is 0 Å². The SMILES string of the molecule is Cc1cccn2c(CN3CCCCC3CCn3cccn3)c(C(=O)N3CCOCC3)nc12. The molecule has 0 bridgehead atoms. The maximum Gasteiger partial charge on any atom is 0.274 e. The van der Waals surface area contributed by atoms with Gasteiger partial charge in [0.2, 0.25) is 0 Å². The molecule has 3 aromatic rings. The Hall–Kier alpha value is -2.71. The molecule has 0 radical (unpaired) electrons. The minimum absolute atomic E-state index is 0.0245. The molecule has 5 rings (SSSR count). The van der Waals surface area contributed by atoms with Gasteiger partial charge in [-0.05, 0) is 50.4 Å². The summed E-state index contributed by atoms with van der Waals surface area (Å²) in [5.74, 6) is 0.0245. The van der Waals surface area contributed by atoms with Crippen molar-refractivity contribution in [2.24, 2.45) is 0 Å². The van der Waals surface area contributed by atoms with E-state index >= 15 is 0 Å². The molecule has 8 nitrogen and oxygen atoms in total. The second-order valence-electron chi connectivity index (χ2n) is 8.87. The molecule has 0 aromatic carbocycles. The topological polar surface area (TPSA) is 67.9 Å². The van der Waals surface area contributed by atoms with Crippen LogP contribution in [0.2, 0.25) is 0 Å². The number of rotatable bonds is 6. The van der Waals surface area contributed by atoms with Crippen LogP contribution in [-0.2, 0) is 17.8 Å². The lowest BCUT2D eigenvalue weighted by atomic mass is 9.99. The predicted octanol–water partition coefficient (Wildman–Crippen LogP) is 2.76. The fraction of sp³-hybridized carbons (Fsp3) is 0.542. The fourth-order valence-electron chi connectivity index (χ4n) is 4.99. The largest absolute Gasteiger partial charge is 0.378 e. The molecule has 5 heterocycles. The van der Waals surface area contributed by atoms with Crippen LogP contribution >= 0.6 is 0 Å². The molecule has 2 fully saturated rings. The number of aromatic nitrogens is 4. The number of ether oxygens (including phenoxy) is 1. The number of nitrogens with zero attached hydrogens (tertiary/aromatic N) is 6. The van der Waals surface area contributed by atoms with Crippen LogP contribution in [-0.4, -0.2) is 73.8 Å². The van der Waals surface area contributed by atoms with Crippen molar-refractivity contribution in [3.63, 3.8) is 0 Å². The summed E-state index contributed by atoms with van der Waals surface area (Å²) in [5.41, 5.74) is 3.57. The first-order valence-electron chi connectivity index (χ1n) is 11.8. The Balaban J connectivity index is 1.43. The summed E-state index contributed by atoms with van der Waals surface area (Å²) in [6.07, 6.45) is 10.6. The molecule has 1 amide bonds. The number of likely N-dealkylation sites (tertiary alicyclic amines) is 1. The summed E-state index contributed by atoms with van der Waals surface area (Å²) in [6, 6.07) is 6.56. The molecule has 0 aliphatic carbocycles. The van der Waals surface area contributed by atoms with Crippen molar-refractivity contribution in [3.8, 4) is 0 Å². The molecule has 1 atom stereocenters. The first-order valence-corrected chi connectivity index (χ1v) is 11.8. The molecule has 0 saturated carbocycles. The number of hydrogen-bond donors (Lipinski definition) is 0. The molecule has 0 spiro atoms. The number of aryl methyl sites for hydroxylation is 2. The maximum atomic E-state index is 13.5. The first-order chi connectivity index (χ1) is 15.7. The number of fused-ring (bicyclic) bond motifs is 1. The van der Waals surface area contributed by atoms with E-state index in [4.69, 9.17) is 9.72 Å². The van der Waals surface area contributed by atoms with E-state index in [2.05, 4.69) is 27.4 Å². The highest BCUT2D eigenvalue weighted by atomic mass is 16.5. The Morgan fingerprint density at radius 2 is 2.03 bits per heavy atom. The van der Waals surface area contributed by atoms with Gasteiger partial charge in [-0.1, -0.05) is 12.5 Å². The Labute approximate surface area is 188 Å². The number of morpholine rings is 1. The minimum Gasteiger partial charge on any atom is -0.378 e. The molecule has 0 N–H and O–H groups in total. The minimum atomic E-state index is 0.0245. The van der Waals surface area contributed by atoms with Crippen LogP contribution in [0, 0.1) is 6.92 Å². The summed E-state index contributed by atoms with van der Waals surface area (Å²) >= 11 is 0. The van der Waals surface area contributed by atoms with Gasteiger partial charge in [0.05, 0.1) is 18.9 Å². The Morgan fingerprint density at radius 1 is 1.16 bits per heavy atom. The van der Waals surface area contributed by atoms with Crippen LogP contribution in [0.25, 0.3) is 5.65 Å². The number of amides is 1. The van der Waals surface area contributed by atoms with E-state index in [1.165, 1.54) is 19.3 Å². The molecule has 170 valence electrons. The lowest BCUT2D eigenvalue weighted by molar-refractivity contribution is 0.0297. The van der Waals surface area contributed by atoms with Crippen LogP contribution in [0.15, 0.2) is 36.8 Å². The third-order valence-electron chi connectivity index (χ3n) is 6.80. The summed E-state index contributed by atoms with van der Waals surface area (Å²) < 4.78 is 9.59. The predicted molar refractivity (Wildman–Crippen MR) is 122 cm³/mol. The van der Waals surface area contributed by atoms with Gasteiger partial charge in [-0.2, -0.15) is 5.10 Å². The van der Waals surface area contributed by atoms with Gasteiger partial charge in [0.25, 0.3) is 5.91 Å². The zero-order valence-corrected chi connectivity index (χ0v) is 18.8. The van der Waals surface area contributed by atoms with Crippen molar-refractivity contribution in [1.29, 1.82) is 0 Å². The molecule has 8 heteroatoms. The normalized spacial score (nSPS) is 20.2. The zero-order valence-electron chi connectivity index (χ0n) is 18.8. The van der Waals surface area contributed by atoms with E-state index < -0.39 is 0 Å². The second kappa shape index (κ2) is 9.42. The number of pyridine rings is 1. The van der Waals surface area contributed by atoms with Crippen molar-refractivity contribution in [3.05, 3.63) is 53.7 Å². The van der Waals surface area contributed by atoms with Gasteiger partial charge < -0.3 is 14.0 Å². The third kappa shape index (κ3) is 4.29. The molecule has 32 heavy (non-hydrogen) atoms. The van der Waals surface area contributed by atoms with Crippen molar-refractivity contribution in [2.75, 3.05) is 32.8 Å². The zero-order chi connectivity index (χ0) is 21.9. The summed E-state index contributed by atoms with van der Waals surface area (Å²) in [5, 5.41) is 4.36. The van der Waals surface area contributed by atoms with Gasteiger partial charge in [0, 0.05) is 50.8 Å². The van der Waals surface area contributed by atoms with E-state index in [1.807, 2.05) is 40.3 Å². The Bertz CT molecular complexity index is 1050. The summed E-state index contributed by atoms with van der Waals surface area (Å²) in [7, 11) is 0. The van der Waals surface area contributed by atoms with E-state index in [0.29, 0.717) is 38.0 Å². The highest BCUT2D eigenvalue weighted by molar-refractivity contribution is 5.94. The third-order valence-corrected chi connectivity index (χ3v) is 6.80. The number of piperidine rings is 1. The summed E-state index contributed by atoms with van der Waals surface area (Å²) in [6.45, 7) is 7.20. The number of hydrogen-bond acceptors (Lipinski definition) is 5. The van der Waals surface area contributed by atoms with Gasteiger partial charge >= 0.3 is 0 Å². The molecular formula is C24H32N6O2. The van der Waals surface area contributed by atoms with Crippen molar-refractivity contribution in [1.82, 2.24) is 29.0 Å². The highest BCUT2D eigenvalue weighted by Gasteiger charge is 2.29.